The van der Waals surface area contributed by atoms with E-state index in [0.717, 1.165) is 54.2 Å². The van der Waals surface area contributed by atoms with Gasteiger partial charge in [-0.05, 0) is 74.5 Å². The van der Waals surface area contributed by atoms with E-state index in [2.05, 4.69) is 26.8 Å². The highest BCUT2D eigenvalue weighted by molar-refractivity contribution is 7.89. The van der Waals surface area contributed by atoms with Crippen molar-refractivity contribution in [2.45, 2.75) is 48.8 Å². The summed E-state index contributed by atoms with van der Waals surface area (Å²) in [6, 6.07) is 3.24. The largest absolute Gasteiger partial charge is 0.296 e. The van der Waals surface area contributed by atoms with E-state index in [4.69, 9.17) is 0 Å². The molecule has 4 aliphatic rings. The maximum atomic E-state index is 14.1. The van der Waals surface area contributed by atoms with Crippen molar-refractivity contribution in [1.29, 1.82) is 0 Å². The molecule has 1 aromatic carbocycles. The summed E-state index contributed by atoms with van der Waals surface area (Å²) < 4.78 is 41.0. The molecule has 10 heteroatoms. The minimum atomic E-state index is -4.11. The molecule has 0 aliphatic heterocycles. The third-order valence-electron chi connectivity index (χ3n) is 7.04. The molecule has 0 unspecified atom stereocenters. The predicted molar refractivity (Wildman–Crippen MR) is 119 cm³/mol. The van der Waals surface area contributed by atoms with Crippen LogP contribution in [0.25, 0.3) is 0 Å². The summed E-state index contributed by atoms with van der Waals surface area (Å²) >= 11 is 1.40. The fourth-order valence-corrected chi connectivity index (χ4v) is 8.18. The standard InChI is InChI=1S/C22H25FN4O3S2/c1-2-5-24-32(29,30)18-9-16(3-4-17(18)23)19(28)25-21-27-26-20(31-21)22-10-13-6-14(11-22)8-15(7-13)12-22/h2-4,9,13-15,24H,1,5-8,10-12H2,(H,25,27,28). The van der Waals surface area contributed by atoms with E-state index in [0.29, 0.717) is 5.13 Å². The van der Waals surface area contributed by atoms with Gasteiger partial charge in [0.15, 0.2) is 0 Å². The number of nitrogens with zero attached hydrogens (tertiary/aromatic N) is 2. The minimum Gasteiger partial charge on any atom is -0.296 e. The van der Waals surface area contributed by atoms with E-state index in [1.54, 1.807) is 0 Å². The van der Waals surface area contributed by atoms with Gasteiger partial charge in [0.05, 0.1) is 0 Å². The summed E-state index contributed by atoms with van der Waals surface area (Å²) in [4.78, 5) is 12.2. The Kier molecular flexibility index (Phi) is 5.42. The third-order valence-corrected chi connectivity index (χ3v) is 9.56. The highest BCUT2D eigenvalue weighted by Gasteiger charge is 2.53. The Balaban J connectivity index is 1.34. The highest BCUT2D eigenvalue weighted by Crippen LogP contribution is 2.61. The smallest absolute Gasteiger partial charge is 0.257 e. The first-order chi connectivity index (χ1) is 15.3. The van der Waals surface area contributed by atoms with Crippen LogP contribution in [0.3, 0.4) is 0 Å². The van der Waals surface area contributed by atoms with Gasteiger partial charge in [0.2, 0.25) is 15.2 Å². The Morgan fingerprint density at radius 2 is 1.84 bits per heavy atom. The van der Waals surface area contributed by atoms with Gasteiger partial charge in [-0.25, -0.2) is 17.5 Å². The van der Waals surface area contributed by atoms with Crippen LogP contribution in [0.4, 0.5) is 9.52 Å². The summed E-state index contributed by atoms with van der Waals surface area (Å²) in [5.41, 5.74) is 0.112. The van der Waals surface area contributed by atoms with Crippen molar-refractivity contribution >= 4 is 32.4 Å². The molecule has 4 fully saturated rings. The molecule has 1 aromatic heterocycles. The lowest BCUT2D eigenvalue weighted by molar-refractivity contribution is -0.00555. The predicted octanol–water partition coefficient (Wildman–Crippen LogP) is 3.86. The Hall–Kier alpha value is -2.17. The number of hydrogen-bond donors (Lipinski definition) is 2. The molecule has 1 heterocycles. The van der Waals surface area contributed by atoms with E-state index >= 15 is 0 Å². The number of nitrogens with one attached hydrogen (secondary N) is 2. The first-order valence-corrected chi connectivity index (χ1v) is 13.1. The lowest BCUT2D eigenvalue weighted by atomic mass is 9.50. The van der Waals surface area contributed by atoms with Gasteiger partial charge in [0, 0.05) is 17.5 Å². The zero-order chi connectivity index (χ0) is 22.5. The van der Waals surface area contributed by atoms with E-state index in [9.17, 15) is 17.6 Å². The van der Waals surface area contributed by atoms with Crippen molar-refractivity contribution in [2.75, 3.05) is 11.9 Å². The van der Waals surface area contributed by atoms with Crippen molar-refractivity contribution < 1.29 is 17.6 Å². The fourth-order valence-electron chi connectivity index (χ4n) is 6.13. The number of rotatable bonds is 7. The van der Waals surface area contributed by atoms with Gasteiger partial charge in [-0.1, -0.05) is 17.4 Å². The van der Waals surface area contributed by atoms with Crippen LogP contribution in [0.5, 0.6) is 0 Å². The zero-order valence-electron chi connectivity index (χ0n) is 17.5. The molecule has 0 atom stereocenters. The van der Waals surface area contributed by atoms with Gasteiger partial charge in [-0.2, -0.15) is 0 Å². The molecule has 170 valence electrons. The number of benzene rings is 1. The number of halogens is 1. The molecular formula is C22H25FN4O3S2. The molecule has 4 aliphatic carbocycles. The Morgan fingerprint density at radius 3 is 2.47 bits per heavy atom. The second kappa shape index (κ2) is 8.00. The van der Waals surface area contributed by atoms with Crippen LogP contribution < -0.4 is 10.0 Å². The normalized spacial score (nSPS) is 28.6. The van der Waals surface area contributed by atoms with Crippen molar-refractivity contribution in [2.24, 2.45) is 17.8 Å². The first-order valence-electron chi connectivity index (χ1n) is 10.8. The second-order valence-electron chi connectivity index (χ2n) is 9.35. The summed E-state index contributed by atoms with van der Waals surface area (Å²) in [6.45, 7) is 3.39. The number of amides is 1. The Labute approximate surface area is 190 Å². The zero-order valence-corrected chi connectivity index (χ0v) is 19.1. The quantitative estimate of drug-likeness (QED) is 0.591. The maximum absolute atomic E-state index is 14.1. The Morgan fingerprint density at radius 1 is 1.19 bits per heavy atom. The number of anilines is 1. The SMILES string of the molecule is C=CCNS(=O)(=O)c1cc(C(=O)Nc2nnc(C34CC5CC(CC(C5)C3)C4)s2)ccc1F. The van der Waals surface area contributed by atoms with Crippen LogP contribution in [0, 0.1) is 23.6 Å². The van der Waals surface area contributed by atoms with Gasteiger partial charge >= 0.3 is 0 Å². The molecule has 0 radical (unpaired) electrons. The van der Waals surface area contributed by atoms with Crippen LogP contribution in [-0.4, -0.2) is 31.1 Å². The van der Waals surface area contributed by atoms with Crippen molar-refractivity contribution in [3.05, 3.63) is 47.2 Å². The van der Waals surface area contributed by atoms with Crippen molar-refractivity contribution in [3.8, 4) is 0 Å². The van der Waals surface area contributed by atoms with Crippen LogP contribution in [-0.2, 0) is 15.4 Å². The highest BCUT2D eigenvalue weighted by atomic mass is 32.2. The molecule has 4 saturated carbocycles. The summed E-state index contributed by atoms with van der Waals surface area (Å²) in [7, 11) is -4.11. The van der Waals surface area contributed by atoms with Gasteiger partial charge in [-0.3, -0.25) is 10.1 Å². The van der Waals surface area contributed by atoms with Crippen LogP contribution in [0.15, 0.2) is 35.7 Å². The molecule has 0 spiro atoms. The average molecular weight is 477 g/mol. The topological polar surface area (TPSA) is 101 Å². The molecular weight excluding hydrogens is 451 g/mol. The summed E-state index contributed by atoms with van der Waals surface area (Å²) in [5.74, 6) is 0.837. The first kappa shape index (κ1) is 21.7. The lowest BCUT2D eigenvalue weighted by Crippen LogP contribution is -2.48. The van der Waals surface area contributed by atoms with Gasteiger partial charge in [-0.15, -0.1) is 16.8 Å². The molecule has 4 bridgehead atoms. The number of carbonyl (C=O) groups is 1. The molecule has 0 saturated heterocycles. The van der Waals surface area contributed by atoms with Gasteiger partial charge < -0.3 is 0 Å². The number of aromatic nitrogens is 2. The van der Waals surface area contributed by atoms with E-state index in [1.165, 1.54) is 42.7 Å². The van der Waals surface area contributed by atoms with Crippen molar-refractivity contribution in [3.63, 3.8) is 0 Å². The third kappa shape index (κ3) is 3.88. The van der Waals surface area contributed by atoms with Crippen LogP contribution >= 0.6 is 11.3 Å². The van der Waals surface area contributed by atoms with E-state index in [-0.39, 0.29) is 17.5 Å². The number of sulfonamides is 1. The molecule has 6 rings (SSSR count). The molecule has 2 N–H and O–H groups in total. The van der Waals surface area contributed by atoms with Crippen LogP contribution in [0.2, 0.25) is 0 Å². The summed E-state index contributed by atoms with van der Waals surface area (Å²) in [5, 5.41) is 12.7. The Bertz CT molecular complexity index is 1140. The van der Waals surface area contributed by atoms with Gasteiger partial charge in [0.1, 0.15) is 15.7 Å². The monoisotopic (exact) mass is 476 g/mol. The number of hydrogen-bond acceptors (Lipinski definition) is 6. The molecule has 2 aromatic rings. The van der Waals surface area contributed by atoms with Gasteiger partial charge in [0.25, 0.3) is 5.91 Å². The molecule has 32 heavy (non-hydrogen) atoms. The average Bonchev–Trinajstić information content (AvgIpc) is 3.21. The fraction of sp³-hybridized carbons (Fsp3) is 0.500. The second-order valence-corrected chi connectivity index (χ2v) is 12.1. The lowest BCUT2D eigenvalue weighted by Gasteiger charge is -2.55. The summed E-state index contributed by atoms with van der Waals surface area (Å²) in [6.07, 6.45) is 8.80. The van der Waals surface area contributed by atoms with E-state index < -0.39 is 26.6 Å². The van der Waals surface area contributed by atoms with Crippen LogP contribution in [0.1, 0.15) is 53.9 Å². The minimum absolute atomic E-state index is 0.0249. The van der Waals surface area contributed by atoms with Crippen molar-refractivity contribution in [1.82, 2.24) is 14.9 Å². The molecule has 1 amide bonds. The number of carbonyl (C=O) groups excluding carboxylic acids is 1. The maximum Gasteiger partial charge on any atom is 0.257 e. The van der Waals surface area contributed by atoms with E-state index in [1.807, 2.05) is 0 Å². The molecule has 7 nitrogen and oxygen atoms in total.